The number of halogens is 3. The van der Waals surface area contributed by atoms with E-state index in [4.69, 9.17) is 0 Å². The molecule has 0 unspecified atom stereocenters. The van der Waals surface area contributed by atoms with Crippen LogP contribution in [-0.4, -0.2) is 90.9 Å². The molecule has 0 saturated carbocycles. The first-order valence-electron chi connectivity index (χ1n) is 12.3. The van der Waals surface area contributed by atoms with E-state index in [-0.39, 0.29) is 37.1 Å². The molecule has 0 radical (unpaired) electrons. The average Bonchev–Trinajstić information content (AvgIpc) is 2.82. The number of rotatable bonds is 6. The van der Waals surface area contributed by atoms with Crippen molar-refractivity contribution in [3.63, 3.8) is 0 Å². The van der Waals surface area contributed by atoms with Crippen LogP contribution in [0, 0.1) is 0 Å². The van der Waals surface area contributed by atoms with Gasteiger partial charge in [0.2, 0.25) is 0 Å². The summed E-state index contributed by atoms with van der Waals surface area (Å²) in [6, 6.07) is 15.8. The van der Waals surface area contributed by atoms with E-state index in [2.05, 4.69) is 17.0 Å². The lowest BCUT2D eigenvalue weighted by molar-refractivity contribution is -0.140. The van der Waals surface area contributed by atoms with Crippen LogP contribution < -0.4 is 0 Å². The Morgan fingerprint density at radius 2 is 1.60 bits per heavy atom. The summed E-state index contributed by atoms with van der Waals surface area (Å²) in [4.78, 5) is 17.9. The molecular formula is C27H34F3N3O2. The largest absolute Gasteiger partial charge is 0.395 e. The maximum atomic E-state index is 12.8. The van der Waals surface area contributed by atoms with Crippen LogP contribution in [-0.2, 0) is 0 Å². The van der Waals surface area contributed by atoms with Crippen LogP contribution in [0.25, 0.3) is 11.1 Å². The van der Waals surface area contributed by atoms with Crippen molar-refractivity contribution in [3.8, 4) is 11.1 Å². The maximum Gasteiger partial charge on any atom is 0.390 e. The quantitative estimate of drug-likeness (QED) is 0.660. The minimum Gasteiger partial charge on any atom is -0.395 e. The molecule has 2 aromatic carbocycles. The van der Waals surface area contributed by atoms with Crippen molar-refractivity contribution in [1.82, 2.24) is 14.7 Å². The van der Waals surface area contributed by atoms with Crippen molar-refractivity contribution in [2.45, 2.75) is 43.4 Å². The number of amides is 1. The molecule has 0 bridgehead atoms. The molecule has 0 aromatic heterocycles. The van der Waals surface area contributed by atoms with E-state index in [0.717, 1.165) is 36.1 Å². The van der Waals surface area contributed by atoms with E-state index in [1.54, 1.807) is 19.0 Å². The molecule has 2 aliphatic rings. The van der Waals surface area contributed by atoms with Gasteiger partial charge < -0.3 is 14.9 Å². The molecule has 35 heavy (non-hydrogen) atoms. The van der Waals surface area contributed by atoms with E-state index < -0.39 is 12.6 Å². The molecular weight excluding hydrogens is 455 g/mol. The minimum absolute atomic E-state index is 0.00949. The van der Waals surface area contributed by atoms with Crippen LogP contribution in [0.15, 0.2) is 48.5 Å². The number of benzene rings is 2. The molecule has 2 aliphatic heterocycles. The molecule has 190 valence electrons. The van der Waals surface area contributed by atoms with E-state index in [1.165, 1.54) is 0 Å². The summed E-state index contributed by atoms with van der Waals surface area (Å²) in [5, 5.41) is 10.1. The molecule has 1 amide bonds. The van der Waals surface area contributed by atoms with Crippen LogP contribution in [0.2, 0.25) is 0 Å². The zero-order chi connectivity index (χ0) is 25.2. The number of hydrogen-bond donors (Lipinski definition) is 1. The molecule has 2 saturated heterocycles. The van der Waals surface area contributed by atoms with Gasteiger partial charge in [-0.25, -0.2) is 0 Å². The van der Waals surface area contributed by atoms with Crippen LogP contribution in [0.1, 0.15) is 41.1 Å². The third kappa shape index (κ3) is 5.88. The number of hydrogen-bond acceptors (Lipinski definition) is 4. The Hall–Kier alpha value is -2.42. The van der Waals surface area contributed by atoms with Crippen molar-refractivity contribution in [2.75, 3.05) is 46.9 Å². The predicted octanol–water partition coefficient (Wildman–Crippen LogP) is 4.23. The van der Waals surface area contributed by atoms with Gasteiger partial charge in [0, 0.05) is 50.7 Å². The second kappa shape index (κ2) is 10.7. The lowest BCUT2D eigenvalue weighted by Crippen LogP contribution is -2.67. The Balaban J connectivity index is 1.49. The van der Waals surface area contributed by atoms with Gasteiger partial charge in [-0.05, 0) is 54.8 Å². The molecule has 0 aliphatic carbocycles. The summed E-state index contributed by atoms with van der Waals surface area (Å²) < 4.78 is 38.5. The van der Waals surface area contributed by atoms with Crippen molar-refractivity contribution in [2.24, 2.45) is 0 Å². The summed E-state index contributed by atoms with van der Waals surface area (Å²) in [5.74, 6) is 0.0422. The second-order valence-corrected chi connectivity index (χ2v) is 9.85. The third-order valence-corrected chi connectivity index (χ3v) is 7.33. The number of aliphatic hydroxyl groups is 1. The van der Waals surface area contributed by atoms with Crippen molar-refractivity contribution in [1.29, 1.82) is 0 Å². The van der Waals surface area contributed by atoms with Gasteiger partial charge in [-0.3, -0.25) is 9.69 Å². The molecule has 3 atom stereocenters. The molecule has 1 N–H and O–H groups in total. The first kappa shape index (κ1) is 25.7. The third-order valence-electron chi connectivity index (χ3n) is 7.33. The number of alkyl halides is 3. The number of fused-ring (bicyclic) bond motifs is 1. The van der Waals surface area contributed by atoms with Gasteiger partial charge in [0.15, 0.2) is 0 Å². The molecule has 4 rings (SSSR count). The fourth-order valence-electron chi connectivity index (χ4n) is 5.46. The number of nitrogens with zero attached hydrogens (tertiary/aromatic N) is 3. The Morgan fingerprint density at radius 3 is 2.17 bits per heavy atom. The fraction of sp³-hybridized carbons (Fsp3) is 0.519. The molecule has 8 heteroatoms. The summed E-state index contributed by atoms with van der Waals surface area (Å²) in [5.41, 5.74) is 3.77. The number of aliphatic hydroxyl groups excluding tert-OH is 1. The summed E-state index contributed by atoms with van der Waals surface area (Å²) in [7, 11) is 3.45. The normalized spacial score (nSPS) is 23.7. The predicted molar refractivity (Wildman–Crippen MR) is 130 cm³/mol. The minimum atomic E-state index is -4.15. The van der Waals surface area contributed by atoms with Gasteiger partial charge in [0.25, 0.3) is 5.91 Å². The standard InChI is InChI=1S/C27H34F3N3O2/c1-31(2)26(35)22-11-7-20(8-12-22)19-5-9-21(10-6-19)25-23-17-32(16-13-27(28,29)30)14-3-4-15-33(23)24(25)18-34/h5-12,23-25,34H,3-4,13-18H2,1-2H3/t23-,24+,25-/m1/s1. The Labute approximate surface area is 205 Å². The molecule has 2 aromatic rings. The lowest BCUT2D eigenvalue weighted by Gasteiger charge is -2.57. The highest BCUT2D eigenvalue weighted by Gasteiger charge is 2.49. The number of carbonyl (C=O) groups excluding carboxylic acids is 1. The van der Waals surface area contributed by atoms with E-state index in [9.17, 15) is 23.1 Å². The van der Waals surface area contributed by atoms with Gasteiger partial charge in [-0.2, -0.15) is 13.2 Å². The zero-order valence-electron chi connectivity index (χ0n) is 20.3. The van der Waals surface area contributed by atoms with E-state index in [1.807, 2.05) is 41.3 Å². The van der Waals surface area contributed by atoms with Gasteiger partial charge in [-0.15, -0.1) is 0 Å². The number of carbonyl (C=O) groups is 1. The van der Waals surface area contributed by atoms with Crippen LogP contribution in [0.3, 0.4) is 0 Å². The topological polar surface area (TPSA) is 47.0 Å². The smallest absolute Gasteiger partial charge is 0.390 e. The van der Waals surface area contributed by atoms with Crippen molar-refractivity contribution < 1.29 is 23.1 Å². The first-order valence-corrected chi connectivity index (χ1v) is 12.3. The van der Waals surface area contributed by atoms with Gasteiger partial charge in [-0.1, -0.05) is 36.4 Å². The maximum absolute atomic E-state index is 12.8. The van der Waals surface area contributed by atoms with E-state index in [0.29, 0.717) is 18.7 Å². The summed E-state index contributed by atoms with van der Waals surface area (Å²) >= 11 is 0. The first-order chi connectivity index (χ1) is 16.7. The monoisotopic (exact) mass is 489 g/mol. The van der Waals surface area contributed by atoms with Gasteiger partial charge in [0.05, 0.1) is 13.0 Å². The fourth-order valence-corrected chi connectivity index (χ4v) is 5.46. The highest BCUT2D eigenvalue weighted by Crippen LogP contribution is 2.42. The molecule has 5 nitrogen and oxygen atoms in total. The molecule has 0 spiro atoms. The molecule has 2 fully saturated rings. The second-order valence-electron chi connectivity index (χ2n) is 9.85. The van der Waals surface area contributed by atoms with Crippen LogP contribution in [0.4, 0.5) is 13.2 Å². The van der Waals surface area contributed by atoms with Crippen molar-refractivity contribution in [3.05, 3.63) is 59.7 Å². The van der Waals surface area contributed by atoms with Crippen molar-refractivity contribution >= 4 is 5.91 Å². The van der Waals surface area contributed by atoms with Gasteiger partial charge >= 0.3 is 6.18 Å². The van der Waals surface area contributed by atoms with Gasteiger partial charge in [0.1, 0.15) is 0 Å². The SMILES string of the molecule is CN(C)C(=O)c1ccc(-c2ccc([C@@H]3[C@H]4CN(CCC(F)(F)F)CCCCN4[C@H]3CO)cc2)cc1. The Bertz CT molecular complexity index is 992. The Morgan fingerprint density at radius 1 is 1.00 bits per heavy atom. The highest BCUT2D eigenvalue weighted by atomic mass is 19.4. The van der Waals surface area contributed by atoms with E-state index >= 15 is 0 Å². The lowest BCUT2D eigenvalue weighted by atomic mass is 9.74. The molecule has 2 heterocycles. The summed E-state index contributed by atoms with van der Waals surface area (Å²) in [6.07, 6.45) is -3.14. The van der Waals surface area contributed by atoms with Crippen LogP contribution >= 0.6 is 0 Å². The summed E-state index contributed by atoms with van der Waals surface area (Å²) in [6.45, 7) is 2.20. The zero-order valence-corrected chi connectivity index (χ0v) is 20.3. The average molecular weight is 490 g/mol. The Kier molecular flexibility index (Phi) is 7.83. The highest BCUT2D eigenvalue weighted by molar-refractivity contribution is 5.94. The van der Waals surface area contributed by atoms with Crippen LogP contribution in [0.5, 0.6) is 0 Å².